The molecule has 1 heterocycles. The van der Waals surface area contributed by atoms with E-state index in [1.165, 1.54) is 0 Å². The fourth-order valence-corrected chi connectivity index (χ4v) is 1.15. The van der Waals surface area contributed by atoms with Gasteiger partial charge in [0.1, 0.15) is 0 Å². The van der Waals surface area contributed by atoms with Gasteiger partial charge >= 0.3 is 0 Å². The zero-order valence-corrected chi connectivity index (χ0v) is 6.56. The quantitative estimate of drug-likeness (QED) is 0.559. The van der Waals surface area contributed by atoms with Crippen LogP contribution in [0.2, 0.25) is 0 Å². The first-order valence-electron chi connectivity index (χ1n) is 3.58. The van der Waals surface area contributed by atoms with Crippen LogP contribution < -0.4 is 5.56 Å². The van der Waals surface area contributed by atoms with E-state index in [1.807, 2.05) is 18.2 Å². The van der Waals surface area contributed by atoms with Gasteiger partial charge in [-0.05, 0) is 12.1 Å². The molecule has 0 fully saturated rings. The number of benzene rings is 1. The zero-order valence-electron chi connectivity index (χ0n) is 6.56. The summed E-state index contributed by atoms with van der Waals surface area (Å²) in [5.74, 6) is 0. The average Bonchev–Trinajstić information content (AvgIpc) is 2.12. The highest BCUT2D eigenvalue weighted by Crippen LogP contribution is 2.04. The molecule has 60 valence electrons. The van der Waals surface area contributed by atoms with Crippen LogP contribution in [0, 0.1) is 0 Å². The Morgan fingerprint density at radius 2 is 2.08 bits per heavy atom. The van der Waals surface area contributed by atoms with E-state index >= 15 is 0 Å². The van der Waals surface area contributed by atoms with Gasteiger partial charge in [-0.15, -0.1) is 0 Å². The molecule has 0 spiro atoms. The molecule has 0 N–H and O–H groups in total. The number of hydrogen-bond acceptors (Lipinski definition) is 3. The standard InChI is InChI=1S/C8H7N3O/c1-11-7-5-3-2-4-6(7)8(12)9-10-11/h2-5H,1H3. The van der Waals surface area contributed by atoms with E-state index in [0.29, 0.717) is 5.39 Å². The van der Waals surface area contributed by atoms with Crippen LogP contribution in [0.25, 0.3) is 10.9 Å². The lowest BCUT2D eigenvalue weighted by molar-refractivity contribution is 0.688. The van der Waals surface area contributed by atoms with Crippen molar-refractivity contribution in [1.82, 2.24) is 15.0 Å². The normalized spacial score (nSPS) is 10.4. The van der Waals surface area contributed by atoms with Crippen LogP contribution in [0.1, 0.15) is 0 Å². The van der Waals surface area contributed by atoms with E-state index in [1.54, 1.807) is 17.8 Å². The maximum absolute atomic E-state index is 11.1. The van der Waals surface area contributed by atoms with Crippen molar-refractivity contribution in [2.45, 2.75) is 0 Å². The summed E-state index contributed by atoms with van der Waals surface area (Å²) in [6, 6.07) is 7.26. The summed E-state index contributed by atoms with van der Waals surface area (Å²) in [6.07, 6.45) is 0. The van der Waals surface area contributed by atoms with E-state index in [-0.39, 0.29) is 5.56 Å². The summed E-state index contributed by atoms with van der Waals surface area (Å²) in [7, 11) is 1.76. The molecule has 0 bridgehead atoms. The predicted molar refractivity (Wildman–Crippen MR) is 44.8 cm³/mol. The van der Waals surface area contributed by atoms with Crippen molar-refractivity contribution in [2.24, 2.45) is 7.05 Å². The highest BCUT2D eigenvalue weighted by atomic mass is 16.1. The van der Waals surface area contributed by atoms with Crippen molar-refractivity contribution in [3.8, 4) is 0 Å². The molecule has 0 unspecified atom stereocenters. The van der Waals surface area contributed by atoms with Crippen molar-refractivity contribution < 1.29 is 0 Å². The molecule has 0 saturated heterocycles. The monoisotopic (exact) mass is 161 g/mol. The van der Waals surface area contributed by atoms with Gasteiger partial charge in [-0.3, -0.25) is 4.79 Å². The first-order chi connectivity index (χ1) is 5.79. The summed E-state index contributed by atoms with van der Waals surface area (Å²) < 4.78 is 1.58. The molecule has 4 heteroatoms. The molecule has 4 nitrogen and oxygen atoms in total. The number of hydrogen-bond donors (Lipinski definition) is 0. The molecule has 2 aromatic rings. The largest absolute Gasteiger partial charge is 0.299 e. The second kappa shape index (κ2) is 2.41. The summed E-state index contributed by atoms with van der Waals surface area (Å²) in [5.41, 5.74) is 0.529. The van der Waals surface area contributed by atoms with Crippen LogP contribution in [0.3, 0.4) is 0 Å². The zero-order chi connectivity index (χ0) is 8.55. The third-order valence-electron chi connectivity index (χ3n) is 1.75. The van der Waals surface area contributed by atoms with Gasteiger partial charge < -0.3 is 0 Å². The smallest absolute Gasteiger partial charge is 0.265 e. The van der Waals surface area contributed by atoms with Gasteiger partial charge in [0.05, 0.1) is 10.9 Å². The highest BCUT2D eigenvalue weighted by Gasteiger charge is 1.99. The SMILES string of the molecule is Cn1nnc(=O)c2ccccc21. The number of rotatable bonds is 0. The Bertz CT molecular complexity index is 475. The lowest BCUT2D eigenvalue weighted by Crippen LogP contribution is -2.14. The highest BCUT2D eigenvalue weighted by molar-refractivity contribution is 5.76. The first kappa shape index (κ1) is 6.97. The van der Waals surface area contributed by atoms with E-state index in [4.69, 9.17) is 0 Å². The van der Waals surface area contributed by atoms with E-state index in [0.717, 1.165) is 5.52 Å². The van der Waals surface area contributed by atoms with Gasteiger partial charge in [-0.1, -0.05) is 22.4 Å². The number of aromatic nitrogens is 3. The Morgan fingerprint density at radius 3 is 2.83 bits per heavy atom. The Morgan fingerprint density at radius 1 is 1.33 bits per heavy atom. The second-order valence-electron chi connectivity index (χ2n) is 2.54. The molecule has 0 aliphatic heterocycles. The maximum Gasteiger partial charge on any atom is 0.299 e. The molecule has 0 aliphatic rings. The number of nitrogens with zero attached hydrogens (tertiary/aromatic N) is 3. The Hall–Kier alpha value is -1.71. The number of para-hydroxylation sites is 1. The second-order valence-corrected chi connectivity index (χ2v) is 2.54. The maximum atomic E-state index is 11.1. The Labute approximate surface area is 68.4 Å². The molecule has 0 aliphatic carbocycles. The van der Waals surface area contributed by atoms with Crippen LogP contribution in [-0.4, -0.2) is 15.0 Å². The molecular weight excluding hydrogens is 154 g/mol. The number of fused-ring (bicyclic) bond motifs is 1. The summed E-state index contributed by atoms with van der Waals surface area (Å²) in [5, 5.41) is 7.73. The molecule has 0 saturated carbocycles. The van der Waals surface area contributed by atoms with Crippen molar-refractivity contribution in [3.05, 3.63) is 34.6 Å². The fourth-order valence-electron chi connectivity index (χ4n) is 1.15. The molecule has 2 rings (SSSR count). The van der Waals surface area contributed by atoms with Gasteiger partial charge in [0.15, 0.2) is 0 Å². The van der Waals surface area contributed by atoms with Crippen LogP contribution in [0.5, 0.6) is 0 Å². The van der Waals surface area contributed by atoms with Gasteiger partial charge in [-0.2, -0.15) is 0 Å². The van der Waals surface area contributed by atoms with Gasteiger partial charge in [-0.25, -0.2) is 4.68 Å². The van der Waals surface area contributed by atoms with Gasteiger partial charge in [0, 0.05) is 7.05 Å². The average molecular weight is 161 g/mol. The fraction of sp³-hybridized carbons (Fsp3) is 0.125. The van der Waals surface area contributed by atoms with Crippen LogP contribution in [0.15, 0.2) is 29.1 Å². The number of aryl methyl sites for hydroxylation is 1. The van der Waals surface area contributed by atoms with E-state index < -0.39 is 0 Å². The topological polar surface area (TPSA) is 47.8 Å². The molecule has 0 amide bonds. The molecule has 12 heavy (non-hydrogen) atoms. The lowest BCUT2D eigenvalue weighted by Gasteiger charge is -1.99. The van der Waals surface area contributed by atoms with Crippen molar-refractivity contribution >= 4 is 10.9 Å². The van der Waals surface area contributed by atoms with Crippen molar-refractivity contribution in [1.29, 1.82) is 0 Å². The Kier molecular flexibility index (Phi) is 1.40. The van der Waals surface area contributed by atoms with Crippen molar-refractivity contribution in [2.75, 3.05) is 0 Å². The summed E-state index contributed by atoms with van der Waals surface area (Å²) >= 11 is 0. The summed E-state index contributed by atoms with van der Waals surface area (Å²) in [4.78, 5) is 11.1. The third-order valence-corrected chi connectivity index (χ3v) is 1.75. The molecular formula is C8H7N3O. The minimum absolute atomic E-state index is 0.274. The predicted octanol–water partition coefficient (Wildman–Crippen LogP) is 0.328. The summed E-state index contributed by atoms with van der Waals surface area (Å²) in [6.45, 7) is 0. The molecule has 1 aromatic heterocycles. The first-order valence-corrected chi connectivity index (χ1v) is 3.58. The molecule has 0 radical (unpaired) electrons. The van der Waals surface area contributed by atoms with Crippen LogP contribution in [0.4, 0.5) is 0 Å². The van der Waals surface area contributed by atoms with Crippen LogP contribution in [-0.2, 0) is 7.05 Å². The van der Waals surface area contributed by atoms with E-state index in [2.05, 4.69) is 10.3 Å². The van der Waals surface area contributed by atoms with Crippen LogP contribution >= 0.6 is 0 Å². The lowest BCUT2D eigenvalue weighted by atomic mass is 10.2. The molecule has 0 atom stereocenters. The minimum atomic E-state index is -0.274. The van der Waals surface area contributed by atoms with Gasteiger partial charge in [0.25, 0.3) is 5.56 Å². The van der Waals surface area contributed by atoms with Gasteiger partial charge in [0.2, 0.25) is 0 Å². The third kappa shape index (κ3) is 0.887. The molecule has 1 aromatic carbocycles. The van der Waals surface area contributed by atoms with E-state index in [9.17, 15) is 4.79 Å². The minimum Gasteiger partial charge on any atom is -0.265 e. The Balaban J connectivity index is 3.05. The van der Waals surface area contributed by atoms with Crippen molar-refractivity contribution in [3.63, 3.8) is 0 Å².